The number of hydrogen-bond acceptors (Lipinski definition) is 1. The first-order valence-electron chi connectivity index (χ1n) is 4.46. The minimum atomic E-state index is -0.00782. The number of aliphatic hydroxyl groups excluding tert-OH is 1. The lowest BCUT2D eigenvalue weighted by molar-refractivity contribution is -0.873. The predicted octanol–water partition coefficient (Wildman–Crippen LogP) is 0.854. The van der Waals surface area contributed by atoms with Crippen molar-refractivity contribution in [1.82, 2.24) is 0 Å². The van der Waals surface area contributed by atoms with Crippen molar-refractivity contribution >= 4 is 0 Å². The Morgan fingerprint density at radius 2 is 1.91 bits per heavy atom. The Kier molecular flexibility index (Phi) is 2.55. The van der Waals surface area contributed by atoms with E-state index in [0.717, 1.165) is 23.2 Å². The second-order valence-corrected chi connectivity index (χ2v) is 4.81. The van der Waals surface area contributed by atoms with Crippen molar-refractivity contribution in [3.63, 3.8) is 0 Å². The van der Waals surface area contributed by atoms with Crippen LogP contribution in [0.5, 0.6) is 0 Å². The van der Waals surface area contributed by atoms with E-state index in [-0.39, 0.29) is 6.10 Å². The maximum Gasteiger partial charge on any atom is 0.0809 e. The Labute approximate surface area is 69.4 Å². The first-order valence-corrected chi connectivity index (χ1v) is 4.46. The first-order chi connectivity index (χ1) is 4.97. The van der Waals surface area contributed by atoms with Gasteiger partial charge >= 0.3 is 0 Å². The molecular weight excluding hydrogens is 138 g/mol. The molecule has 1 aliphatic carbocycles. The molecule has 0 saturated heterocycles. The SMILES string of the molecule is C[N+](C)(C)C[C@H]1CC[C@@H](O)C1. The van der Waals surface area contributed by atoms with E-state index in [9.17, 15) is 5.11 Å². The third kappa shape index (κ3) is 3.21. The van der Waals surface area contributed by atoms with Gasteiger partial charge in [0.15, 0.2) is 0 Å². The van der Waals surface area contributed by atoms with Gasteiger partial charge in [-0.25, -0.2) is 0 Å². The second kappa shape index (κ2) is 3.11. The summed E-state index contributed by atoms with van der Waals surface area (Å²) >= 11 is 0. The smallest absolute Gasteiger partial charge is 0.0809 e. The lowest BCUT2D eigenvalue weighted by Crippen LogP contribution is -2.38. The first kappa shape index (κ1) is 9.01. The number of quaternary nitrogens is 1. The van der Waals surface area contributed by atoms with Crippen LogP contribution in [0, 0.1) is 5.92 Å². The van der Waals surface area contributed by atoms with Crippen molar-refractivity contribution in [2.24, 2.45) is 5.92 Å². The summed E-state index contributed by atoms with van der Waals surface area (Å²) in [5.74, 6) is 0.755. The molecule has 1 rings (SSSR count). The van der Waals surface area contributed by atoms with Gasteiger partial charge in [0.25, 0.3) is 0 Å². The third-order valence-electron chi connectivity index (χ3n) is 2.32. The molecule has 2 nitrogen and oxygen atoms in total. The predicted molar refractivity (Wildman–Crippen MR) is 46.2 cm³/mol. The summed E-state index contributed by atoms with van der Waals surface area (Å²) in [4.78, 5) is 0. The fourth-order valence-electron chi connectivity index (χ4n) is 1.99. The maximum absolute atomic E-state index is 9.29. The van der Waals surface area contributed by atoms with Gasteiger partial charge in [-0.2, -0.15) is 0 Å². The van der Waals surface area contributed by atoms with Crippen LogP contribution < -0.4 is 0 Å². The summed E-state index contributed by atoms with van der Waals surface area (Å²) in [6, 6.07) is 0. The fraction of sp³-hybridized carbons (Fsp3) is 1.00. The standard InChI is InChI=1S/C9H20NO/c1-10(2,3)7-8-4-5-9(11)6-8/h8-9,11H,4-7H2,1-3H3/q+1/t8-,9+/m0/s1. The second-order valence-electron chi connectivity index (χ2n) is 4.81. The number of rotatable bonds is 2. The van der Waals surface area contributed by atoms with Crippen molar-refractivity contribution in [3.05, 3.63) is 0 Å². The van der Waals surface area contributed by atoms with Crippen LogP contribution in [0.3, 0.4) is 0 Å². The molecule has 1 aliphatic rings. The van der Waals surface area contributed by atoms with Gasteiger partial charge in [-0.3, -0.25) is 0 Å². The summed E-state index contributed by atoms with van der Waals surface area (Å²) in [5, 5.41) is 9.29. The van der Waals surface area contributed by atoms with E-state index < -0.39 is 0 Å². The Balaban J connectivity index is 2.29. The third-order valence-corrected chi connectivity index (χ3v) is 2.32. The molecule has 0 heterocycles. The molecule has 11 heavy (non-hydrogen) atoms. The Morgan fingerprint density at radius 3 is 2.27 bits per heavy atom. The van der Waals surface area contributed by atoms with Crippen LogP contribution in [0.1, 0.15) is 19.3 Å². The molecule has 0 aromatic heterocycles. The zero-order chi connectivity index (χ0) is 8.48. The molecule has 0 aromatic rings. The maximum atomic E-state index is 9.29. The van der Waals surface area contributed by atoms with E-state index in [1.54, 1.807) is 0 Å². The monoisotopic (exact) mass is 158 g/mol. The van der Waals surface area contributed by atoms with Gasteiger partial charge < -0.3 is 9.59 Å². The van der Waals surface area contributed by atoms with Crippen molar-refractivity contribution in [1.29, 1.82) is 0 Å². The Morgan fingerprint density at radius 1 is 1.27 bits per heavy atom. The van der Waals surface area contributed by atoms with Gasteiger partial charge in [0.2, 0.25) is 0 Å². The molecule has 0 aromatic carbocycles. The van der Waals surface area contributed by atoms with E-state index >= 15 is 0 Å². The summed E-state index contributed by atoms with van der Waals surface area (Å²) in [5.41, 5.74) is 0. The Hall–Kier alpha value is -0.0800. The lowest BCUT2D eigenvalue weighted by atomic mass is 10.1. The largest absolute Gasteiger partial charge is 0.393 e. The van der Waals surface area contributed by atoms with Crippen LogP contribution in [0.25, 0.3) is 0 Å². The van der Waals surface area contributed by atoms with E-state index in [1.165, 1.54) is 13.0 Å². The van der Waals surface area contributed by atoms with E-state index in [4.69, 9.17) is 0 Å². The lowest BCUT2D eigenvalue weighted by Gasteiger charge is -2.27. The molecule has 0 spiro atoms. The zero-order valence-corrected chi connectivity index (χ0v) is 7.88. The number of aliphatic hydroxyl groups is 1. The molecule has 1 fully saturated rings. The van der Waals surface area contributed by atoms with Gasteiger partial charge in [0.05, 0.1) is 33.8 Å². The molecule has 2 heteroatoms. The summed E-state index contributed by atoms with van der Waals surface area (Å²) < 4.78 is 1.03. The van der Waals surface area contributed by atoms with E-state index in [1.807, 2.05) is 0 Å². The van der Waals surface area contributed by atoms with Gasteiger partial charge in [-0.15, -0.1) is 0 Å². The van der Waals surface area contributed by atoms with Gasteiger partial charge in [0.1, 0.15) is 0 Å². The highest BCUT2D eigenvalue weighted by Gasteiger charge is 2.26. The average Bonchev–Trinajstić information content (AvgIpc) is 2.10. The number of hydrogen-bond donors (Lipinski definition) is 1. The van der Waals surface area contributed by atoms with Crippen molar-refractivity contribution in [3.8, 4) is 0 Å². The molecule has 0 radical (unpaired) electrons. The van der Waals surface area contributed by atoms with Crippen LogP contribution in [0.4, 0.5) is 0 Å². The normalized spacial score (nSPS) is 32.7. The molecule has 1 N–H and O–H groups in total. The van der Waals surface area contributed by atoms with Gasteiger partial charge in [-0.05, 0) is 19.3 Å². The molecule has 0 amide bonds. The van der Waals surface area contributed by atoms with Crippen molar-refractivity contribution in [2.75, 3.05) is 27.7 Å². The highest BCUT2D eigenvalue weighted by atomic mass is 16.3. The molecule has 0 aliphatic heterocycles. The highest BCUT2D eigenvalue weighted by Crippen LogP contribution is 2.26. The fourth-order valence-corrected chi connectivity index (χ4v) is 1.99. The summed E-state index contributed by atoms with van der Waals surface area (Å²) in [6.45, 7) is 1.21. The average molecular weight is 158 g/mol. The summed E-state index contributed by atoms with van der Waals surface area (Å²) in [6.07, 6.45) is 3.25. The Bertz CT molecular complexity index is 128. The molecule has 2 atom stereocenters. The molecule has 1 saturated carbocycles. The van der Waals surface area contributed by atoms with Crippen LogP contribution >= 0.6 is 0 Å². The minimum Gasteiger partial charge on any atom is -0.393 e. The van der Waals surface area contributed by atoms with E-state index in [2.05, 4.69) is 21.1 Å². The molecular formula is C9H20NO+. The molecule has 0 bridgehead atoms. The van der Waals surface area contributed by atoms with Gasteiger partial charge in [-0.1, -0.05) is 0 Å². The minimum absolute atomic E-state index is 0.00782. The van der Waals surface area contributed by atoms with Crippen LogP contribution in [0.15, 0.2) is 0 Å². The van der Waals surface area contributed by atoms with E-state index in [0.29, 0.717) is 0 Å². The molecule has 66 valence electrons. The van der Waals surface area contributed by atoms with Crippen LogP contribution in [-0.4, -0.2) is 43.4 Å². The zero-order valence-electron chi connectivity index (χ0n) is 7.88. The van der Waals surface area contributed by atoms with Crippen LogP contribution in [0.2, 0.25) is 0 Å². The molecule has 0 unspecified atom stereocenters. The number of nitrogens with zero attached hydrogens (tertiary/aromatic N) is 1. The topological polar surface area (TPSA) is 20.2 Å². The van der Waals surface area contributed by atoms with Crippen molar-refractivity contribution < 1.29 is 9.59 Å². The van der Waals surface area contributed by atoms with Gasteiger partial charge in [0, 0.05) is 5.92 Å². The van der Waals surface area contributed by atoms with Crippen LogP contribution in [-0.2, 0) is 0 Å². The summed E-state index contributed by atoms with van der Waals surface area (Å²) in [7, 11) is 6.64. The quantitative estimate of drug-likeness (QED) is 0.591. The highest BCUT2D eigenvalue weighted by molar-refractivity contribution is 4.73. The van der Waals surface area contributed by atoms with Crippen molar-refractivity contribution in [2.45, 2.75) is 25.4 Å².